The molecule has 0 radical (unpaired) electrons. The van der Waals surface area contributed by atoms with Gasteiger partial charge in [-0.25, -0.2) is 4.98 Å². The van der Waals surface area contributed by atoms with Crippen molar-refractivity contribution in [1.82, 2.24) is 10.4 Å². The predicted molar refractivity (Wildman–Crippen MR) is 52.5 cm³/mol. The van der Waals surface area contributed by atoms with Gasteiger partial charge in [0.1, 0.15) is 0 Å². The van der Waals surface area contributed by atoms with E-state index in [0.717, 1.165) is 17.3 Å². The fourth-order valence-electron chi connectivity index (χ4n) is 0.763. The van der Waals surface area contributed by atoms with Crippen molar-refractivity contribution in [3.63, 3.8) is 0 Å². The summed E-state index contributed by atoms with van der Waals surface area (Å²) in [5.74, 6) is 0. The summed E-state index contributed by atoms with van der Waals surface area (Å²) >= 11 is 1.70. The quantitative estimate of drug-likeness (QED) is 0.574. The topological polar surface area (TPSA) is 37.3 Å². The van der Waals surface area contributed by atoms with Gasteiger partial charge in [-0.3, -0.25) is 0 Å². The summed E-state index contributed by atoms with van der Waals surface area (Å²) in [5, 5.41) is 5.18. The summed E-state index contributed by atoms with van der Waals surface area (Å²) in [6.07, 6.45) is 1.88. The van der Waals surface area contributed by atoms with E-state index in [9.17, 15) is 0 Å². The zero-order chi connectivity index (χ0) is 8.97. The summed E-state index contributed by atoms with van der Waals surface area (Å²) < 4.78 is 0. The highest BCUT2D eigenvalue weighted by molar-refractivity contribution is 7.11. The van der Waals surface area contributed by atoms with E-state index in [4.69, 9.17) is 0 Å². The maximum Gasteiger partial charge on any atom is 0.0897 e. The molecule has 0 aliphatic rings. The van der Waals surface area contributed by atoms with Gasteiger partial charge in [0.2, 0.25) is 0 Å². The van der Waals surface area contributed by atoms with Crippen molar-refractivity contribution >= 4 is 17.0 Å². The van der Waals surface area contributed by atoms with E-state index in [-0.39, 0.29) is 0 Å². The molecule has 1 aromatic rings. The van der Waals surface area contributed by atoms with Crippen LogP contribution in [0.15, 0.2) is 11.3 Å². The van der Waals surface area contributed by atoms with Crippen LogP contribution in [-0.2, 0) is 6.54 Å². The molecule has 0 saturated carbocycles. The van der Waals surface area contributed by atoms with Crippen LogP contribution in [0.1, 0.15) is 23.7 Å². The summed E-state index contributed by atoms with van der Waals surface area (Å²) in [5.41, 5.74) is 4.01. The second-order valence-electron chi connectivity index (χ2n) is 2.74. The van der Waals surface area contributed by atoms with E-state index in [1.165, 1.54) is 4.88 Å². The van der Waals surface area contributed by atoms with Crippen molar-refractivity contribution in [3.8, 4) is 0 Å². The lowest BCUT2D eigenvalue weighted by molar-refractivity contribution is 0.751. The van der Waals surface area contributed by atoms with Crippen LogP contribution in [0.5, 0.6) is 0 Å². The Morgan fingerprint density at radius 1 is 1.67 bits per heavy atom. The summed E-state index contributed by atoms with van der Waals surface area (Å²) in [6, 6.07) is 0. The average molecular weight is 183 g/mol. The third-order valence-corrected chi connectivity index (χ3v) is 2.14. The predicted octanol–water partition coefficient (Wildman–Crippen LogP) is 1.94. The zero-order valence-electron chi connectivity index (χ0n) is 7.59. The lowest BCUT2D eigenvalue weighted by atomic mass is 10.5. The van der Waals surface area contributed by atoms with Crippen LogP contribution in [0.4, 0.5) is 0 Å². The minimum absolute atomic E-state index is 0.774. The smallest absolute Gasteiger partial charge is 0.0897 e. The fourth-order valence-corrected chi connectivity index (χ4v) is 1.49. The Hall–Kier alpha value is -0.900. The molecule has 0 aliphatic heterocycles. The number of thiazole rings is 1. The van der Waals surface area contributed by atoms with Crippen molar-refractivity contribution in [2.45, 2.75) is 27.3 Å². The Labute approximate surface area is 76.5 Å². The molecule has 1 rings (SSSR count). The van der Waals surface area contributed by atoms with Gasteiger partial charge in [-0.15, -0.1) is 11.3 Å². The third-order valence-electron chi connectivity index (χ3n) is 1.23. The first kappa shape index (κ1) is 9.19. The van der Waals surface area contributed by atoms with Crippen LogP contribution in [0.25, 0.3) is 0 Å². The van der Waals surface area contributed by atoms with Crippen molar-refractivity contribution < 1.29 is 0 Å². The molecule has 0 aliphatic carbocycles. The lowest BCUT2D eigenvalue weighted by Crippen LogP contribution is -2.05. The van der Waals surface area contributed by atoms with Crippen LogP contribution in [0.3, 0.4) is 0 Å². The number of nitrogens with one attached hydrogen (secondary N) is 1. The minimum atomic E-state index is 0.774. The van der Waals surface area contributed by atoms with Gasteiger partial charge in [0.05, 0.1) is 11.6 Å². The molecular formula is C8H13N3S. The fraction of sp³-hybridized carbons (Fsp3) is 0.500. The number of hydrogen-bond donors (Lipinski definition) is 1. The van der Waals surface area contributed by atoms with E-state index in [2.05, 4.69) is 15.5 Å². The molecule has 0 aromatic carbocycles. The van der Waals surface area contributed by atoms with Gasteiger partial charge in [0.15, 0.2) is 0 Å². The first-order valence-electron chi connectivity index (χ1n) is 3.83. The number of hydrogen-bond acceptors (Lipinski definition) is 4. The molecular weight excluding hydrogens is 170 g/mol. The summed E-state index contributed by atoms with van der Waals surface area (Å²) in [7, 11) is 0. The molecule has 1 aromatic heterocycles. The lowest BCUT2D eigenvalue weighted by Gasteiger charge is -1.96. The van der Waals surface area contributed by atoms with Crippen molar-refractivity contribution in [2.24, 2.45) is 5.10 Å². The molecule has 1 heterocycles. The highest BCUT2D eigenvalue weighted by atomic mass is 32.1. The molecule has 66 valence electrons. The van der Waals surface area contributed by atoms with Crippen molar-refractivity contribution in [1.29, 1.82) is 0 Å². The molecule has 0 amide bonds. The van der Waals surface area contributed by atoms with Crippen LogP contribution in [0, 0.1) is 6.92 Å². The zero-order valence-corrected chi connectivity index (χ0v) is 8.40. The Bertz CT molecular complexity index is 274. The van der Waals surface area contributed by atoms with Gasteiger partial charge in [-0.05, 0) is 20.8 Å². The Morgan fingerprint density at radius 3 is 2.92 bits per heavy atom. The number of hydrazone groups is 1. The Kier molecular flexibility index (Phi) is 3.22. The summed E-state index contributed by atoms with van der Waals surface area (Å²) in [6.45, 7) is 6.70. The Balaban J connectivity index is 2.38. The van der Waals surface area contributed by atoms with Gasteiger partial charge in [0.25, 0.3) is 0 Å². The summed E-state index contributed by atoms with van der Waals surface area (Å²) in [4.78, 5) is 5.36. The second-order valence-corrected chi connectivity index (χ2v) is 4.06. The van der Waals surface area contributed by atoms with E-state index in [1.54, 1.807) is 11.3 Å². The highest BCUT2D eigenvalue weighted by Gasteiger charge is 1.95. The van der Waals surface area contributed by atoms with Gasteiger partial charge in [-0.1, -0.05) is 0 Å². The van der Waals surface area contributed by atoms with Crippen LogP contribution >= 0.6 is 11.3 Å². The normalized spacial score (nSPS) is 9.58. The molecule has 0 saturated heterocycles. The van der Waals surface area contributed by atoms with E-state index < -0.39 is 0 Å². The van der Waals surface area contributed by atoms with Crippen molar-refractivity contribution in [2.75, 3.05) is 0 Å². The monoisotopic (exact) mass is 183 g/mol. The molecule has 12 heavy (non-hydrogen) atoms. The maximum atomic E-state index is 4.14. The standard InChI is InChI=1S/C8H13N3S/c1-6(2)11-10-5-8-4-9-7(3)12-8/h4,10H,5H2,1-3H3. The molecule has 0 unspecified atom stereocenters. The third kappa shape index (κ3) is 3.00. The first-order chi connectivity index (χ1) is 5.68. The van der Waals surface area contributed by atoms with Crippen LogP contribution in [-0.4, -0.2) is 10.7 Å². The number of aryl methyl sites for hydroxylation is 1. The molecule has 3 nitrogen and oxygen atoms in total. The van der Waals surface area contributed by atoms with E-state index in [1.807, 2.05) is 27.0 Å². The molecule has 0 fully saturated rings. The van der Waals surface area contributed by atoms with Crippen LogP contribution in [0.2, 0.25) is 0 Å². The molecule has 0 atom stereocenters. The van der Waals surface area contributed by atoms with E-state index >= 15 is 0 Å². The van der Waals surface area contributed by atoms with Gasteiger partial charge >= 0.3 is 0 Å². The number of rotatable bonds is 3. The van der Waals surface area contributed by atoms with Gasteiger partial charge in [-0.2, -0.15) is 5.10 Å². The first-order valence-corrected chi connectivity index (χ1v) is 4.65. The largest absolute Gasteiger partial charge is 0.305 e. The number of nitrogens with zero attached hydrogens (tertiary/aromatic N) is 2. The maximum absolute atomic E-state index is 4.14. The second kappa shape index (κ2) is 4.21. The molecule has 4 heteroatoms. The molecule has 0 spiro atoms. The van der Waals surface area contributed by atoms with E-state index in [0.29, 0.717) is 0 Å². The highest BCUT2D eigenvalue weighted by Crippen LogP contribution is 2.10. The minimum Gasteiger partial charge on any atom is -0.305 e. The SMILES string of the molecule is CC(C)=NNCc1cnc(C)s1. The van der Waals surface area contributed by atoms with Gasteiger partial charge < -0.3 is 5.43 Å². The Morgan fingerprint density at radius 2 is 2.42 bits per heavy atom. The van der Waals surface area contributed by atoms with Crippen LogP contribution < -0.4 is 5.43 Å². The molecule has 1 N–H and O–H groups in total. The van der Waals surface area contributed by atoms with Crippen molar-refractivity contribution in [3.05, 3.63) is 16.1 Å². The average Bonchev–Trinajstić information content (AvgIpc) is 2.35. The number of aromatic nitrogens is 1. The molecule has 0 bridgehead atoms. The van der Waals surface area contributed by atoms with Gasteiger partial charge in [0, 0.05) is 16.8 Å².